The van der Waals surface area contributed by atoms with Crippen LogP contribution in [0.15, 0.2) is 36.0 Å². The van der Waals surface area contributed by atoms with E-state index < -0.39 is 62.1 Å². The van der Waals surface area contributed by atoms with Crippen LogP contribution in [-0.2, 0) is 19.1 Å². The number of rotatable bonds is 9. The second-order valence-corrected chi connectivity index (χ2v) is 18.1. The van der Waals surface area contributed by atoms with E-state index in [-0.39, 0.29) is 43.3 Å². The highest BCUT2D eigenvalue weighted by atomic mass is 32.1. The minimum absolute atomic E-state index is 0.0790. The van der Waals surface area contributed by atoms with E-state index >= 15 is 0 Å². The third kappa shape index (κ3) is 6.49. The molecule has 48 heavy (non-hydrogen) atoms. The van der Waals surface area contributed by atoms with Crippen LogP contribution in [0.5, 0.6) is 0 Å². The molecule has 0 heterocycles. The monoisotopic (exact) mass is 708 g/mol. The largest absolute Gasteiger partial charge is 0.462 e. The molecule has 0 aromatic rings. The summed E-state index contributed by atoms with van der Waals surface area (Å²) >= 11 is 11.2. The maximum Gasteiger partial charge on any atom is 0.333 e. The fourth-order valence-corrected chi connectivity index (χ4v) is 12.0. The van der Waals surface area contributed by atoms with Crippen LogP contribution in [0.2, 0.25) is 0 Å². The van der Waals surface area contributed by atoms with E-state index in [0.717, 1.165) is 5.57 Å². The summed E-state index contributed by atoms with van der Waals surface area (Å²) in [7, 11) is 0. The average Bonchev–Trinajstić information content (AvgIpc) is 3.01. The van der Waals surface area contributed by atoms with Crippen LogP contribution in [0.1, 0.15) is 99.8 Å². The zero-order valence-electron chi connectivity index (χ0n) is 29.9. The van der Waals surface area contributed by atoms with Gasteiger partial charge in [-0.1, -0.05) is 38.5 Å². The number of ether oxygens (including phenoxy) is 2. The molecule has 10 heteroatoms. The van der Waals surface area contributed by atoms with Gasteiger partial charge in [0, 0.05) is 26.6 Å². The van der Waals surface area contributed by atoms with Crippen LogP contribution < -0.4 is 0 Å². The molecule has 3 unspecified atom stereocenters. The number of aliphatic hydroxyl groups excluding tert-OH is 4. The number of carbonyl (C=O) groups excluding carboxylic acids is 2. The lowest BCUT2D eigenvalue weighted by Gasteiger charge is -2.69. The summed E-state index contributed by atoms with van der Waals surface area (Å²) in [5.41, 5.74) is -1.19. The number of hydrogen-bond donors (Lipinski definition) is 6. The second kappa shape index (κ2) is 14.4. The SMILES string of the molecule is C=CCC1[C@@]2(S)CC[C@H](O)[C@](C)(COC(=O)/C(C)=C/C)C2CC[C@@]1(S)[C@@]1(C)CC2C[C@@H](C)[C@@H](O)[C@H](O)[C@]2(COC(=O)C=C(C)C)[C@H](O)C1. The van der Waals surface area contributed by atoms with E-state index in [1.165, 1.54) is 6.08 Å². The van der Waals surface area contributed by atoms with Gasteiger partial charge in [-0.05, 0) is 108 Å². The van der Waals surface area contributed by atoms with Crippen molar-refractivity contribution in [1.82, 2.24) is 0 Å². The Labute approximate surface area is 298 Å². The molecule has 4 fully saturated rings. The predicted octanol–water partition coefficient (Wildman–Crippen LogP) is 5.63. The topological polar surface area (TPSA) is 134 Å². The average molecular weight is 709 g/mol. The lowest BCUT2D eigenvalue weighted by atomic mass is 9.42. The van der Waals surface area contributed by atoms with Crippen molar-refractivity contribution in [3.63, 3.8) is 0 Å². The van der Waals surface area contributed by atoms with Gasteiger partial charge in [-0.3, -0.25) is 0 Å². The summed E-state index contributed by atoms with van der Waals surface area (Å²) in [5, 5.41) is 46.3. The van der Waals surface area contributed by atoms with Crippen LogP contribution in [0.25, 0.3) is 0 Å². The van der Waals surface area contributed by atoms with Crippen molar-refractivity contribution in [2.75, 3.05) is 13.2 Å². The Kier molecular flexibility index (Phi) is 11.8. The van der Waals surface area contributed by atoms with E-state index in [9.17, 15) is 30.0 Å². The summed E-state index contributed by atoms with van der Waals surface area (Å²) < 4.78 is 10.3. The molecular formula is C38H60O8S2. The Bertz CT molecular complexity index is 1300. The molecule has 0 amide bonds. The zero-order chi connectivity index (χ0) is 36.0. The number of thiol groups is 2. The summed E-state index contributed by atoms with van der Waals surface area (Å²) in [6.07, 6.45) is 5.50. The molecule has 272 valence electrons. The maximum atomic E-state index is 12.7. The van der Waals surface area contributed by atoms with Crippen LogP contribution in [-0.4, -0.2) is 79.5 Å². The lowest BCUT2D eigenvalue weighted by molar-refractivity contribution is -0.244. The molecule has 0 aromatic heterocycles. The van der Waals surface area contributed by atoms with Crippen molar-refractivity contribution in [2.45, 2.75) is 134 Å². The van der Waals surface area contributed by atoms with Crippen LogP contribution >= 0.6 is 25.3 Å². The highest BCUT2D eigenvalue weighted by Crippen LogP contribution is 2.70. The number of aliphatic hydroxyl groups is 4. The van der Waals surface area contributed by atoms with E-state index in [0.29, 0.717) is 50.5 Å². The lowest BCUT2D eigenvalue weighted by Crippen LogP contribution is -2.71. The van der Waals surface area contributed by atoms with Gasteiger partial charge in [-0.25, -0.2) is 9.59 Å². The minimum atomic E-state index is -1.27. The third-order valence-corrected chi connectivity index (χ3v) is 15.3. The number of esters is 2. The Morgan fingerprint density at radius 3 is 2.23 bits per heavy atom. The minimum Gasteiger partial charge on any atom is -0.462 e. The van der Waals surface area contributed by atoms with Crippen molar-refractivity contribution >= 4 is 37.2 Å². The van der Waals surface area contributed by atoms with Crippen molar-refractivity contribution < 1.29 is 39.5 Å². The van der Waals surface area contributed by atoms with E-state index in [1.54, 1.807) is 33.8 Å². The first-order chi connectivity index (χ1) is 22.3. The van der Waals surface area contributed by atoms with Gasteiger partial charge in [0.1, 0.15) is 6.61 Å². The number of allylic oxidation sites excluding steroid dienone is 3. The van der Waals surface area contributed by atoms with Gasteiger partial charge in [0.2, 0.25) is 0 Å². The molecule has 0 aliphatic heterocycles. The zero-order valence-corrected chi connectivity index (χ0v) is 31.7. The first-order valence-corrected chi connectivity index (χ1v) is 18.6. The van der Waals surface area contributed by atoms with Gasteiger partial charge in [0.15, 0.2) is 0 Å². The predicted molar refractivity (Wildman–Crippen MR) is 194 cm³/mol. The van der Waals surface area contributed by atoms with Gasteiger partial charge < -0.3 is 29.9 Å². The highest BCUT2D eigenvalue weighted by Gasteiger charge is 2.70. The molecule has 4 N–H and O–H groups in total. The van der Waals surface area contributed by atoms with Crippen molar-refractivity contribution in [3.8, 4) is 0 Å². The third-order valence-electron chi connectivity index (χ3n) is 13.4. The number of fused-ring (bicyclic) bond motifs is 2. The maximum absolute atomic E-state index is 12.7. The molecule has 4 rings (SSSR count). The van der Waals surface area contributed by atoms with Crippen molar-refractivity contribution in [3.05, 3.63) is 36.0 Å². The summed E-state index contributed by atoms with van der Waals surface area (Å²) in [6, 6.07) is 0. The quantitative estimate of drug-likeness (QED) is 0.0787. The molecule has 0 saturated heterocycles. The van der Waals surface area contributed by atoms with Crippen molar-refractivity contribution in [2.24, 2.45) is 39.9 Å². The van der Waals surface area contributed by atoms with Gasteiger partial charge >= 0.3 is 11.9 Å². The van der Waals surface area contributed by atoms with E-state index in [1.807, 2.05) is 19.9 Å². The smallest absolute Gasteiger partial charge is 0.333 e. The molecule has 13 atom stereocenters. The fourth-order valence-electron chi connectivity index (χ4n) is 10.4. The van der Waals surface area contributed by atoms with Crippen molar-refractivity contribution in [1.29, 1.82) is 0 Å². The molecule has 8 nitrogen and oxygen atoms in total. The second-order valence-electron chi connectivity index (χ2n) is 16.5. The first kappa shape index (κ1) is 39.5. The van der Waals surface area contributed by atoms with E-state index in [2.05, 4.69) is 13.5 Å². The van der Waals surface area contributed by atoms with Gasteiger partial charge in [-0.2, -0.15) is 25.3 Å². The van der Waals surface area contributed by atoms with Crippen LogP contribution in [0.4, 0.5) is 0 Å². The molecule has 0 spiro atoms. The molecule has 0 radical (unpaired) electrons. The molecule has 0 aromatic carbocycles. The number of carbonyl (C=O) groups is 2. The summed E-state index contributed by atoms with van der Waals surface area (Å²) in [4.78, 5) is 25.3. The molecular weight excluding hydrogens is 649 g/mol. The fraction of sp³-hybridized carbons (Fsp3) is 0.789. The normalized spacial score (nSPS) is 46.1. The Hall–Kier alpha value is -1.30. The van der Waals surface area contributed by atoms with E-state index in [4.69, 9.17) is 34.7 Å². The molecule has 4 aliphatic rings. The standard InChI is InChI=1S/C38H60O8S2/c1-9-11-27-37(47)14-13-28(39)35(8,20-46-33(44)23(5)10-2)26(37)12-15-38(27,48)34(7)18-25-17-24(6)31(42)32(43)36(25,29(40)19-34)21-45-30(41)16-22(3)4/h9-10,16,24-29,31-32,39-40,42-43,47-48H,1,11-15,17-21H2,2-8H3/b23-10+/t24-,25?,26?,27?,28+,29-,31-,32+,34+,35-,36+,37-,38+/m1/s1. The molecule has 4 aliphatic carbocycles. The van der Waals surface area contributed by atoms with Crippen LogP contribution in [0, 0.1) is 39.9 Å². The number of hydrogen-bond acceptors (Lipinski definition) is 10. The first-order valence-electron chi connectivity index (χ1n) is 17.7. The molecule has 4 saturated carbocycles. The van der Waals surface area contributed by atoms with Gasteiger partial charge in [0.25, 0.3) is 0 Å². The Morgan fingerprint density at radius 2 is 1.62 bits per heavy atom. The van der Waals surface area contributed by atoms with Crippen LogP contribution in [0.3, 0.4) is 0 Å². The summed E-state index contributed by atoms with van der Waals surface area (Å²) in [6.45, 7) is 17.2. The Morgan fingerprint density at radius 1 is 0.958 bits per heavy atom. The summed E-state index contributed by atoms with van der Waals surface area (Å²) in [5.74, 6) is -1.60. The Balaban J connectivity index is 1.71. The highest BCUT2D eigenvalue weighted by molar-refractivity contribution is 7.83. The molecule has 0 bridgehead atoms. The van der Waals surface area contributed by atoms with Gasteiger partial charge in [-0.15, -0.1) is 6.58 Å². The van der Waals surface area contributed by atoms with Gasteiger partial charge in [0.05, 0.1) is 36.4 Å².